The predicted octanol–water partition coefficient (Wildman–Crippen LogP) is 2.56. The molecule has 0 radical (unpaired) electrons. The van der Waals surface area contributed by atoms with E-state index in [1.54, 1.807) is 6.07 Å². The van der Waals surface area contributed by atoms with Gasteiger partial charge in [-0.05, 0) is 40.5 Å². The van der Waals surface area contributed by atoms with Gasteiger partial charge in [0.1, 0.15) is 5.75 Å². The van der Waals surface area contributed by atoms with Crippen molar-refractivity contribution >= 4 is 17.5 Å². The Kier molecular flexibility index (Phi) is 3.71. The highest BCUT2D eigenvalue weighted by molar-refractivity contribution is 6.30. The Morgan fingerprint density at radius 2 is 2.04 bits per heavy atom. The van der Waals surface area contributed by atoms with Gasteiger partial charge in [0.25, 0.3) is 5.91 Å². The van der Waals surface area contributed by atoms with Gasteiger partial charge < -0.3 is 15.4 Å². The molecule has 0 aliphatic carbocycles. The molecule has 2 aromatic rings. The molecule has 23 heavy (non-hydrogen) atoms. The van der Waals surface area contributed by atoms with Gasteiger partial charge in [0.2, 0.25) is 0 Å². The van der Waals surface area contributed by atoms with E-state index in [1.807, 2.05) is 12.1 Å². The topological polar surface area (TPSA) is 50.4 Å². The Morgan fingerprint density at radius 3 is 2.96 bits per heavy atom. The van der Waals surface area contributed by atoms with Crippen LogP contribution in [0.25, 0.3) is 0 Å². The fourth-order valence-corrected chi connectivity index (χ4v) is 3.32. The number of carbonyl (C=O) groups is 1. The van der Waals surface area contributed by atoms with Crippen LogP contribution in [0, 0.1) is 0 Å². The summed E-state index contributed by atoms with van der Waals surface area (Å²) in [6.45, 7) is 2.35. The fraction of sp³-hybridized carbons (Fsp3) is 0.278. The lowest BCUT2D eigenvalue weighted by Crippen LogP contribution is -2.37. The Morgan fingerprint density at radius 1 is 1.17 bits per heavy atom. The van der Waals surface area contributed by atoms with Crippen LogP contribution in [-0.4, -0.2) is 12.0 Å². The lowest BCUT2D eigenvalue weighted by atomic mass is 10.1. The number of rotatable bonds is 3. The van der Waals surface area contributed by atoms with Gasteiger partial charge in [0, 0.05) is 31.1 Å². The van der Waals surface area contributed by atoms with Gasteiger partial charge in [-0.2, -0.15) is 0 Å². The standard InChI is InChI=1S/C18H17ClN2O2/c19-15-3-4-16-13(6-15)7-17(23-16)18(22)21-8-11-1-2-12-9-20-10-14(12)5-11/h1-6,17,20H,7-10H2,(H,21,22). The van der Waals surface area contributed by atoms with Crippen molar-refractivity contribution in [3.8, 4) is 5.75 Å². The first-order valence-corrected chi connectivity index (χ1v) is 8.11. The van der Waals surface area contributed by atoms with Crippen molar-refractivity contribution in [2.24, 2.45) is 0 Å². The van der Waals surface area contributed by atoms with E-state index in [1.165, 1.54) is 11.1 Å². The van der Waals surface area contributed by atoms with Crippen molar-refractivity contribution in [1.82, 2.24) is 10.6 Å². The van der Waals surface area contributed by atoms with Crippen molar-refractivity contribution in [1.29, 1.82) is 0 Å². The van der Waals surface area contributed by atoms with E-state index in [0.717, 1.165) is 30.0 Å². The van der Waals surface area contributed by atoms with Crippen molar-refractivity contribution in [3.05, 3.63) is 63.7 Å². The van der Waals surface area contributed by atoms with Gasteiger partial charge in [0.15, 0.2) is 6.10 Å². The van der Waals surface area contributed by atoms with Crippen LogP contribution >= 0.6 is 11.6 Å². The third kappa shape index (κ3) is 2.92. The highest BCUT2D eigenvalue weighted by Gasteiger charge is 2.29. The number of halogens is 1. The maximum absolute atomic E-state index is 12.3. The highest BCUT2D eigenvalue weighted by Crippen LogP contribution is 2.31. The Hall–Kier alpha value is -2.04. The van der Waals surface area contributed by atoms with Gasteiger partial charge in [-0.15, -0.1) is 0 Å². The molecule has 4 rings (SSSR count). The molecule has 2 N–H and O–H groups in total. The molecule has 118 valence electrons. The lowest BCUT2D eigenvalue weighted by Gasteiger charge is -2.12. The number of hydrogen-bond donors (Lipinski definition) is 2. The molecule has 0 fully saturated rings. The monoisotopic (exact) mass is 328 g/mol. The molecule has 2 heterocycles. The summed E-state index contributed by atoms with van der Waals surface area (Å²) in [6, 6.07) is 11.8. The summed E-state index contributed by atoms with van der Waals surface area (Å²) in [7, 11) is 0. The normalized spacial score (nSPS) is 18.2. The summed E-state index contributed by atoms with van der Waals surface area (Å²) in [5.41, 5.74) is 4.75. The molecule has 2 aliphatic rings. The molecule has 1 unspecified atom stereocenters. The smallest absolute Gasteiger partial charge is 0.261 e. The molecule has 0 aromatic heterocycles. The zero-order valence-corrected chi connectivity index (χ0v) is 13.3. The molecular weight excluding hydrogens is 312 g/mol. The second-order valence-electron chi connectivity index (χ2n) is 5.99. The van der Waals surface area contributed by atoms with E-state index >= 15 is 0 Å². The molecule has 2 aromatic carbocycles. The van der Waals surface area contributed by atoms with Crippen LogP contribution in [-0.2, 0) is 30.8 Å². The zero-order chi connectivity index (χ0) is 15.8. The van der Waals surface area contributed by atoms with Crippen molar-refractivity contribution in [2.75, 3.05) is 0 Å². The van der Waals surface area contributed by atoms with Gasteiger partial charge in [-0.25, -0.2) is 0 Å². The molecule has 0 saturated heterocycles. The molecule has 2 aliphatic heterocycles. The van der Waals surface area contributed by atoms with Gasteiger partial charge in [0.05, 0.1) is 0 Å². The van der Waals surface area contributed by atoms with Crippen molar-refractivity contribution in [3.63, 3.8) is 0 Å². The van der Waals surface area contributed by atoms with E-state index in [4.69, 9.17) is 16.3 Å². The quantitative estimate of drug-likeness (QED) is 0.910. The molecule has 1 amide bonds. The van der Waals surface area contributed by atoms with Crippen LogP contribution in [0.4, 0.5) is 0 Å². The van der Waals surface area contributed by atoms with Crippen molar-refractivity contribution < 1.29 is 9.53 Å². The SMILES string of the molecule is O=C(NCc1ccc2c(c1)CNC2)C1Cc2cc(Cl)ccc2O1. The van der Waals surface area contributed by atoms with Crippen LogP contribution < -0.4 is 15.4 Å². The molecule has 0 spiro atoms. The Bertz CT molecular complexity index is 776. The number of fused-ring (bicyclic) bond motifs is 2. The molecule has 5 heteroatoms. The summed E-state index contributed by atoms with van der Waals surface area (Å²) < 4.78 is 5.71. The van der Waals surface area contributed by atoms with E-state index in [0.29, 0.717) is 18.0 Å². The number of benzene rings is 2. The first-order chi connectivity index (χ1) is 11.2. The number of amides is 1. The minimum absolute atomic E-state index is 0.0871. The highest BCUT2D eigenvalue weighted by atomic mass is 35.5. The Balaban J connectivity index is 1.38. The summed E-state index contributed by atoms with van der Waals surface area (Å²) in [5.74, 6) is 0.661. The average Bonchev–Trinajstić information content (AvgIpc) is 3.17. The second-order valence-corrected chi connectivity index (χ2v) is 6.42. The third-order valence-corrected chi connectivity index (χ3v) is 4.59. The lowest BCUT2D eigenvalue weighted by molar-refractivity contribution is -0.127. The number of hydrogen-bond acceptors (Lipinski definition) is 3. The van der Waals surface area contributed by atoms with Crippen LogP contribution in [0.1, 0.15) is 22.3 Å². The van der Waals surface area contributed by atoms with Crippen LogP contribution in [0.3, 0.4) is 0 Å². The Labute approximate surface area is 139 Å². The molecule has 1 atom stereocenters. The first-order valence-electron chi connectivity index (χ1n) is 7.73. The summed E-state index contributed by atoms with van der Waals surface area (Å²) in [4.78, 5) is 12.3. The maximum Gasteiger partial charge on any atom is 0.261 e. The third-order valence-electron chi connectivity index (χ3n) is 4.36. The molecular formula is C18H17ClN2O2. The fourth-order valence-electron chi connectivity index (χ4n) is 3.12. The molecule has 0 saturated carbocycles. The van der Waals surface area contributed by atoms with E-state index in [-0.39, 0.29) is 5.91 Å². The summed E-state index contributed by atoms with van der Waals surface area (Å²) in [6.07, 6.45) is 0.0927. The second kappa shape index (κ2) is 5.87. The number of carbonyl (C=O) groups excluding carboxylic acids is 1. The largest absolute Gasteiger partial charge is 0.480 e. The predicted molar refractivity (Wildman–Crippen MR) is 88.4 cm³/mol. The minimum Gasteiger partial charge on any atom is -0.480 e. The van der Waals surface area contributed by atoms with E-state index in [9.17, 15) is 4.79 Å². The van der Waals surface area contributed by atoms with Gasteiger partial charge in [-0.3, -0.25) is 4.79 Å². The van der Waals surface area contributed by atoms with Crippen LogP contribution in [0.15, 0.2) is 36.4 Å². The number of nitrogens with one attached hydrogen (secondary N) is 2. The number of ether oxygens (including phenoxy) is 1. The zero-order valence-electron chi connectivity index (χ0n) is 12.6. The first kappa shape index (κ1) is 14.5. The molecule has 0 bridgehead atoms. The maximum atomic E-state index is 12.3. The van der Waals surface area contributed by atoms with E-state index < -0.39 is 6.10 Å². The van der Waals surface area contributed by atoms with Crippen molar-refractivity contribution in [2.45, 2.75) is 32.2 Å². The van der Waals surface area contributed by atoms with Gasteiger partial charge in [-0.1, -0.05) is 29.8 Å². The van der Waals surface area contributed by atoms with Crippen LogP contribution in [0.2, 0.25) is 5.02 Å². The van der Waals surface area contributed by atoms with E-state index in [2.05, 4.69) is 28.8 Å². The minimum atomic E-state index is -0.473. The average molecular weight is 329 g/mol. The summed E-state index contributed by atoms with van der Waals surface area (Å²) >= 11 is 5.98. The van der Waals surface area contributed by atoms with Crippen LogP contribution in [0.5, 0.6) is 5.75 Å². The molecule has 4 nitrogen and oxygen atoms in total. The summed E-state index contributed by atoms with van der Waals surface area (Å²) in [5, 5.41) is 6.95. The van der Waals surface area contributed by atoms with Gasteiger partial charge >= 0.3 is 0 Å².